The molecule has 0 bridgehead atoms. The largest absolute Gasteiger partial charge is 0.394 e. The summed E-state index contributed by atoms with van der Waals surface area (Å²) in [5.74, 6) is -0.239. The standard InChI is InChI=1S/C14H19N3O/c1-9-3-2-4-10(7-9)8-12(16)14(18)17-13-6-5-11(13)15/h2-4,7-8,11,13H,5-6,15-16H2,1H3,(H,17,18)/b12-8-. The zero-order chi connectivity index (χ0) is 13.1. The van der Waals surface area contributed by atoms with E-state index in [0.29, 0.717) is 0 Å². The van der Waals surface area contributed by atoms with Crippen LogP contribution < -0.4 is 16.8 Å². The van der Waals surface area contributed by atoms with Crippen LogP contribution >= 0.6 is 0 Å². The summed E-state index contributed by atoms with van der Waals surface area (Å²) in [6, 6.07) is 7.98. The summed E-state index contributed by atoms with van der Waals surface area (Å²) in [6.07, 6.45) is 3.59. The van der Waals surface area contributed by atoms with Crippen molar-refractivity contribution in [3.8, 4) is 0 Å². The molecule has 1 aliphatic carbocycles. The van der Waals surface area contributed by atoms with E-state index in [0.717, 1.165) is 24.0 Å². The van der Waals surface area contributed by atoms with Gasteiger partial charge >= 0.3 is 0 Å². The van der Waals surface area contributed by atoms with Gasteiger partial charge in [-0.05, 0) is 31.4 Å². The van der Waals surface area contributed by atoms with Crippen LogP contribution in [0.1, 0.15) is 24.0 Å². The van der Waals surface area contributed by atoms with Gasteiger partial charge in [-0.2, -0.15) is 0 Å². The Labute approximate surface area is 107 Å². The molecule has 0 heterocycles. The molecule has 0 radical (unpaired) electrons. The topological polar surface area (TPSA) is 81.1 Å². The van der Waals surface area contributed by atoms with Gasteiger partial charge < -0.3 is 16.8 Å². The van der Waals surface area contributed by atoms with Gasteiger partial charge in [0.15, 0.2) is 0 Å². The summed E-state index contributed by atoms with van der Waals surface area (Å²) in [5.41, 5.74) is 13.8. The number of aryl methyl sites for hydroxylation is 1. The number of carbonyl (C=O) groups is 1. The number of nitrogens with two attached hydrogens (primary N) is 2. The van der Waals surface area contributed by atoms with Crippen molar-refractivity contribution in [1.29, 1.82) is 0 Å². The summed E-state index contributed by atoms with van der Waals surface area (Å²) < 4.78 is 0. The van der Waals surface area contributed by atoms with Crippen LogP contribution in [0.4, 0.5) is 0 Å². The number of rotatable bonds is 3. The van der Waals surface area contributed by atoms with E-state index in [-0.39, 0.29) is 23.7 Å². The molecule has 1 aliphatic rings. The molecule has 2 rings (SSSR count). The van der Waals surface area contributed by atoms with Gasteiger partial charge in [0.2, 0.25) is 0 Å². The zero-order valence-electron chi connectivity index (χ0n) is 10.5. The first-order valence-corrected chi connectivity index (χ1v) is 6.16. The SMILES string of the molecule is Cc1cccc(/C=C(\N)C(=O)NC2CCC2N)c1. The van der Waals surface area contributed by atoms with Crippen LogP contribution in [0.5, 0.6) is 0 Å². The highest BCUT2D eigenvalue weighted by Gasteiger charge is 2.28. The lowest BCUT2D eigenvalue weighted by atomic mass is 9.87. The fourth-order valence-electron chi connectivity index (χ4n) is 1.96. The number of carbonyl (C=O) groups excluding carboxylic acids is 1. The lowest BCUT2D eigenvalue weighted by molar-refractivity contribution is -0.118. The Bertz CT molecular complexity index is 482. The van der Waals surface area contributed by atoms with E-state index in [9.17, 15) is 4.79 Å². The summed E-state index contributed by atoms with van der Waals surface area (Å²) in [7, 11) is 0. The van der Waals surface area contributed by atoms with Gasteiger partial charge in [0, 0.05) is 12.1 Å². The Kier molecular flexibility index (Phi) is 3.67. The highest BCUT2D eigenvalue weighted by molar-refractivity contribution is 5.97. The fraction of sp³-hybridized carbons (Fsp3) is 0.357. The van der Waals surface area contributed by atoms with E-state index < -0.39 is 0 Å². The van der Waals surface area contributed by atoms with Gasteiger partial charge in [0.25, 0.3) is 5.91 Å². The van der Waals surface area contributed by atoms with Crippen molar-refractivity contribution in [1.82, 2.24) is 5.32 Å². The van der Waals surface area contributed by atoms with E-state index in [1.54, 1.807) is 6.08 Å². The van der Waals surface area contributed by atoms with Crippen LogP contribution in [0.25, 0.3) is 6.08 Å². The molecule has 0 saturated heterocycles. The van der Waals surface area contributed by atoms with E-state index in [2.05, 4.69) is 5.32 Å². The van der Waals surface area contributed by atoms with Crippen molar-refractivity contribution < 1.29 is 4.79 Å². The van der Waals surface area contributed by atoms with Gasteiger partial charge in [-0.15, -0.1) is 0 Å². The maximum atomic E-state index is 11.8. The average Bonchev–Trinajstić information content (AvgIpc) is 2.33. The van der Waals surface area contributed by atoms with Crippen molar-refractivity contribution in [2.45, 2.75) is 31.8 Å². The van der Waals surface area contributed by atoms with Crippen LogP contribution in [0.15, 0.2) is 30.0 Å². The Morgan fingerprint density at radius 3 is 2.78 bits per heavy atom. The molecule has 1 saturated carbocycles. The van der Waals surface area contributed by atoms with Crippen molar-refractivity contribution in [2.24, 2.45) is 11.5 Å². The molecule has 4 nitrogen and oxygen atoms in total. The molecule has 2 atom stereocenters. The molecule has 0 aromatic heterocycles. The molecular formula is C14H19N3O. The second kappa shape index (κ2) is 5.23. The molecule has 2 unspecified atom stereocenters. The maximum Gasteiger partial charge on any atom is 0.267 e. The third-order valence-electron chi connectivity index (χ3n) is 3.27. The Balaban J connectivity index is 2.01. The van der Waals surface area contributed by atoms with Crippen LogP contribution in [0.2, 0.25) is 0 Å². The Morgan fingerprint density at radius 1 is 1.44 bits per heavy atom. The van der Waals surface area contributed by atoms with Crippen molar-refractivity contribution >= 4 is 12.0 Å². The number of hydrogen-bond acceptors (Lipinski definition) is 3. The minimum atomic E-state index is -0.239. The van der Waals surface area contributed by atoms with E-state index >= 15 is 0 Å². The predicted molar refractivity (Wildman–Crippen MR) is 72.5 cm³/mol. The minimum absolute atomic E-state index is 0.0701. The monoisotopic (exact) mass is 245 g/mol. The number of amides is 1. The van der Waals surface area contributed by atoms with Crippen molar-refractivity contribution in [3.63, 3.8) is 0 Å². The Morgan fingerprint density at radius 2 is 2.22 bits per heavy atom. The van der Waals surface area contributed by atoms with E-state index in [4.69, 9.17) is 11.5 Å². The molecule has 18 heavy (non-hydrogen) atoms. The van der Waals surface area contributed by atoms with Gasteiger partial charge in [-0.3, -0.25) is 4.79 Å². The van der Waals surface area contributed by atoms with Crippen LogP contribution in [-0.2, 0) is 4.79 Å². The van der Waals surface area contributed by atoms with Crippen LogP contribution in [0.3, 0.4) is 0 Å². The van der Waals surface area contributed by atoms with Crippen LogP contribution in [0, 0.1) is 6.92 Å². The van der Waals surface area contributed by atoms with Crippen molar-refractivity contribution in [3.05, 3.63) is 41.1 Å². The highest BCUT2D eigenvalue weighted by Crippen LogP contribution is 2.17. The van der Waals surface area contributed by atoms with Gasteiger partial charge in [-0.1, -0.05) is 29.8 Å². The number of benzene rings is 1. The third kappa shape index (κ3) is 2.90. The smallest absolute Gasteiger partial charge is 0.267 e. The second-order valence-corrected chi connectivity index (χ2v) is 4.83. The zero-order valence-corrected chi connectivity index (χ0v) is 10.5. The Hall–Kier alpha value is -1.81. The molecule has 1 amide bonds. The quantitative estimate of drug-likeness (QED) is 0.692. The summed E-state index contributed by atoms with van der Waals surface area (Å²) >= 11 is 0. The first-order valence-electron chi connectivity index (χ1n) is 6.16. The second-order valence-electron chi connectivity index (χ2n) is 4.83. The molecule has 96 valence electrons. The molecule has 5 N–H and O–H groups in total. The van der Waals surface area contributed by atoms with E-state index in [1.165, 1.54) is 0 Å². The highest BCUT2D eigenvalue weighted by atomic mass is 16.2. The van der Waals surface area contributed by atoms with Crippen molar-refractivity contribution in [2.75, 3.05) is 0 Å². The first kappa shape index (κ1) is 12.6. The molecule has 1 aromatic carbocycles. The number of hydrogen-bond donors (Lipinski definition) is 3. The van der Waals surface area contributed by atoms with Gasteiger partial charge in [0.05, 0.1) is 5.70 Å². The van der Waals surface area contributed by atoms with E-state index in [1.807, 2.05) is 31.2 Å². The lowest BCUT2D eigenvalue weighted by Gasteiger charge is -2.34. The predicted octanol–water partition coefficient (Wildman–Crippen LogP) is 0.901. The number of nitrogens with one attached hydrogen (secondary N) is 1. The summed E-state index contributed by atoms with van der Waals surface area (Å²) in [5, 5.41) is 2.84. The van der Waals surface area contributed by atoms with Gasteiger partial charge in [-0.25, -0.2) is 0 Å². The van der Waals surface area contributed by atoms with Crippen LogP contribution in [-0.4, -0.2) is 18.0 Å². The molecule has 0 spiro atoms. The molecule has 0 aliphatic heterocycles. The molecule has 1 fully saturated rings. The lowest BCUT2D eigenvalue weighted by Crippen LogP contribution is -2.55. The molecule has 4 heteroatoms. The third-order valence-corrected chi connectivity index (χ3v) is 3.27. The maximum absolute atomic E-state index is 11.8. The summed E-state index contributed by atoms with van der Waals surface area (Å²) in [6.45, 7) is 2.00. The minimum Gasteiger partial charge on any atom is -0.394 e. The molecule has 1 aromatic rings. The van der Waals surface area contributed by atoms with Gasteiger partial charge in [0.1, 0.15) is 0 Å². The normalized spacial score (nSPS) is 23.3. The summed E-state index contributed by atoms with van der Waals surface area (Å²) in [4.78, 5) is 11.8. The first-order chi connectivity index (χ1) is 8.56. The molecular weight excluding hydrogens is 226 g/mol. The average molecular weight is 245 g/mol. The fourth-order valence-corrected chi connectivity index (χ4v) is 1.96.